The molecule has 0 aliphatic carbocycles. The van der Waals surface area contributed by atoms with Crippen LogP contribution in [-0.2, 0) is 0 Å². The lowest BCUT2D eigenvalue weighted by Crippen LogP contribution is -2.27. The SMILES string of the molecule is CCCC(N)COc1c(C)ccc(C)c1C. The molecule has 1 atom stereocenters. The summed E-state index contributed by atoms with van der Waals surface area (Å²) in [4.78, 5) is 0. The Labute approximate surface area is 98.8 Å². The molecule has 2 N–H and O–H groups in total. The van der Waals surface area contributed by atoms with Crippen molar-refractivity contribution < 1.29 is 4.74 Å². The number of aryl methyl sites for hydroxylation is 2. The van der Waals surface area contributed by atoms with Gasteiger partial charge in [0, 0.05) is 6.04 Å². The quantitative estimate of drug-likeness (QED) is 0.829. The number of ether oxygens (including phenoxy) is 1. The van der Waals surface area contributed by atoms with Gasteiger partial charge in [-0.3, -0.25) is 0 Å². The first-order chi connectivity index (χ1) is 7.56. The van der Waals surface area contributed by atoms with Crippen LogP contribution in [0.1, 0.15) is 36.5 Å². The van der Waals surface area contributed by atoms with Crippen molar-refractivity contribution >= 4 is 0 Å². The molecule has 0 saturated carbocycles. The lowest BCUT2D eigenvalue weighted by Gasteiger charge is -2.17. The molecule has 2 heteroatoms. The summed E-state index contributed by atoms with van der Waals surface area (Å²) >= 11 is 0. The zero-order valence-corrected chi connectivity index (χ0v) is 10.8. The van der Waals surface area contributed by atoms with Crippen LogP contribution in [0.25, 0.3) is 0 Å². The van der Waals surface area contributed by atoms with E-state index in [1.165, 1.54) is 16.7 Å². The van der Waals surface area contributed by atoms with Crippen molar-refractivity contribution in [2.45, 2.75) is 46.6 Å². The minimum absolute atomic E-state index is 0.143. The summed E-state index contributed by atoms with van der Waals surface area (Å²) in [7, 11) is 0. The van der Waals surface area contributed by atoms with Gasteiger partial charge in [-0.25, -0.2) is 0 Å². The summed E-state index contributed by atoms with van der Waals surface area (Å²) in [6.45, 7) is 9.03. The van der Waals surface area contributed by atoms with Gasteiger partial charge in [0.1, 0.15) is 12.4 Å². The third-order valence-electron chi connectivity index (χ3n) is 2.97. The van der Waals surface area contributed by atoms with Gasteiger partial charge >= 0.3 is 0 Å². The smallest absolute Gasteiger partial charge is 0.125 e. The van der Waals surface area contributed by atoms with Gasteiger partial charge in [-0.05, 0) is 43.9 Å². The molecule has 0 amide bonds. The van der Waals surface area contributed by atoms with E-state index in [2.05, 4.69) is 39.8 Å². The molecule has 0 radical (unpaired) electrons. The van der Waals surface area contributed by atoms with E-state index in [0.717, 1.165) is 18.6 Å². The molecular formula is C14H23NO. The maximum absolute atomic E-state index is 5.95. The van der Waals surface area contributed by atoms with Gasteiger partial charge in [0.15, 0.2) is 0 Å². The van der Waals surface area contributed by atoms with E-state index in [-0.39, 0.29) is 6.04 Å². The molecule has 1 aromatic rings. The summed E-state index contributed by atoms with van der Waals surface area (Å²) in [6.07, 6.45) is 2.13. The molecular weight excluding hydrogens is 198 g/mol. The Morgan fingerprint density at radius 2 is 1.81 bits per heavy atom. The van der Waals surface area contributed by atoms with E-state index in [1.807, 2.05) is 0 Å². The Morgan fingerprint density at radius 3 is 2.44 bits per heavy atom. The topological polar surface area (TPSA) is 35.2 Å². The fraction of sp³-hybridized carbons (Fsp3) is 0.571. The molecule has 0 saturated heterocycles. The first-order valence-electron chi connectivity index (χ1n) is 6.01. The van der Waals surface area contributed by atoms with Gasteiger partial charge in [-0.15, -0.1) is 0 Å². The summed E-state index contributed by atoms with van der Waals surface area (Å²) in [5.41, 5.74) is 9.63. The monoisotopic (exact) mass is 221 g/mol. The first kappa shape index (κ1) is 13.0. The van der Waals surface area contributed by atoms with Crippen molar-refractivity contribution in [1.29, 1.82) is 0 Å². The second kappa shape index (κ2) is 5.90. The molecule has 1 aromatic carbocycles. The fourth-order valence-electron chi connectivity index (χ4n) is 1.79. The van der Waals surface area contributed by atoms with E-state index in [9.17, 15) is 0 Å². The molecule has 0 spiro atoms. The molecule has 2 nitrogen and oxygen atoms in total. The number of hydrogen-bond donors (Lipinski definition) is 1. The van der Waals surface area contributed by atoms with Crippen LogP contribution in [0.2, 0.25) is 0 Å². The minimum Gasteiger partial charge on any atom is -0.491 e. The van der Waals surface area contributed by atoms with Gasteiger partial charge in [0.2, 0.25) is 0 Å². The number of nitrogens with two attached hydrogens (primary N) is 1. The van der Waals surface area contributed by atoms with Crippen molar-refractivity contribution in [2.75, 3.05) is 6.61 Å². The number of hydrogen-bond acceptors (Lipinski definition) is 2. The zero-order valence-electron chi connectivity index (χ0n) is 10.8. The second-order valence-electron chi connectivity index (χ2n) is 4.51. The minimum atomic E-state index is 0.143. The van der Waals surface area contributed by atoms with E-state index in [0.29, 0.717) is 6.61 Å². The molecule has 90 valence electrons. The van der Waals surface area contributed by atoms with Crippen LogP contribution < -0.4 is 10.5 Å². The molecule has 0 aliphatic rings. The summed E-state index contributed by atoms with van der Waals surface area (Å²) in [5, 5.41) is 0. The van der Waals surface area contributed by atoms with Gasteiger partial charge in [-0.1, -0.05) is 25.5 Å². The third-order valence-corrected chi connectivity index (χ3v) is 2.97. The van der Waals surface area contributed by atoms with Gasteiger partial charge < -0.3 is 10.5 Å². The molecule has 1 rings (SSSR count). The predicted molar refractivity (Wildman–Crippen MR) is 69.0 cm³/mol. The van der Waals surface area contributed by atoms with E-state index in [4.69, 9.17) is 10.5 Å². The van der Waals surface area contributed by atoms with Crippen molar-refractivity contribution in [3.63, 3.8) is 0 Å². The van der Waals surface area contributed by atoms with Gasteiger partial charge in [-0.2, -0.15) is 0 Å². The Morgan fingerprint density at radius 1 is 1.19 bits per heavy atom. The average molecular weight is 221 g/mol. The normalized spacial score (nSPS) is 12.6. The predicted octanol–water partition coefficient (Wildman–Crippen LogP) is 3.12. The third kappa shape index (κ3) is 3.24. The highest BCUT2D eigenvalue weighted by molar-refractivity contribution is 5.44. The lowest BCUT2D eigenvalue weighted by molar-refractivity contribution is 0.278. The Hall–Kier alpha value is -1.02. The van der Waals surface area contributed by atoms with Crippen molar-refractivity contribution in [1.82, 2.24) is 0 Å². The highest BCUT2D eigenvalue weighted by atomic mass is 16.5. The average Bonchev–Trinajstić information content (AvgIpc) is 2.24. The lowest BCUT2D eigenvalue weighted by atomic mass is 10.1. The summed E-state index contributed by atoms with van der Waals surface area (Å²) in [5.74, 6) is 1.01. The van der Waals surface area contributed by atoms with Crippen LogP contribution in [0, 0.1) is 20.8 Å². The maximum Gasteiger partial charge on any atom is 0.125 e. The van der Waals surface area contributed by atoms with Gasteiger partial charge in [0.05, 0.1) is 0 Å². The van der Waals surface area contributed by atoms with Gasteiger partial charge in [0.25, 0.3) is 0 Å². The Kier molecular flexibility index (Phi) is 4.81. The van der Waals surface area contributed by atoms with E-state index < -0.39 is 0 Å². The molecule has 0 aromatic heterocycles. The van der Waals surface area contributed by atoms with Crippen molar-refractivity contribution in [2.24, 2.45) is 5.73 Å². The molecule has 0 heterocycles. The molecule has 0 fully saturated rings. The Balaban J connectivity index is 2.70. The summed E-state index contributed by atoms with van der Waals surface area (Å²) in [6, 6.07) is 4.37. The van der Waals surface area contributed by atoms with Crippen LogP contribution >= 0.6 is 0 Å². The number of benzene rings is 1. The van der Waals surface area contributed by atoms with Crippen LogP contribution in [0.15, 0.2) is 12.1 Å². The number of rotatable bonds is 5. The fourth-order valence-corrected chi connectivity index (χ4v) is 1.79. The molecule has 1 unspecified atom stereocenters. The summed E-state index contributed by atoms with van der Waals surface area (Å²) < 4.78 is 5.84. The standard InChI is InChI=1S/C14H23NO/c1-5-6-13(15)9-16-14-11(3)8-7-10(2)12(14)4/h7-8,13H,5-6,9,15H2,1-4H3. The van der Waals surface area contributed by atoms with Crippen LogP contribution in [-0.4, -0.2) is 12.6 Å². The second-order valence-corrected chi connectivity index (χ2v) is 4.51. The van der Waals surface area contributed by atoms with E-state index in [1.54, 1.807) is 0 Å². The van der Waals surface area contributed by atoms with Crippen molar-refractivity contribution in [3.05, 3.63) is 28.8 Å². The van der Waals surface area contributed by atoms with E-state index >= 15 is 0 Å². The molecule has 0 bridgehead atoms. The molecule has 0 aliphatic heterocycles. The molecule has 16 heavy (non-hydrogen) atoms. The van der Waals surface area contributed by atoms with Crippen LogP contribution in [0.4, 0.5) is 0 Å². The Bertz CT molecular complexity index is 347. The first-order valence-corrected chi connectivity index (χ1v) is 6.01. The largest absolute Gasteiger partial charge is 0.491 e. The highest BCUT2D eigenvalue weighted by Crippen LogP contribution is 2.25. The zero-order chi connectivity index (χ0) is 12.1. The van der Waals surface area contributed by atoms with Crippen LogP contribution in [0.5, 0.6) is 5.75 Å². The van der Waals surface area contributed by atoms with Crippen LogP contribution in [0.3, 0.4) is 0 Å². The highest BCUT2D eigenvalue weighted by Gasteiger charge is 2.08. The maximum atomic E-state index is 5.95. The van der Waals surface area contributed by atoms with Crippen molar-refractivity contribution in [3.8, 4) is 5.75 Å².